The molecule has 2 unspecified atom stereocenters. The standard InChI is InChI=1S/C14H21ClN2O/c1-10-7-17(9-13(10)16(2)3)8-11-4-5-14(18)12(15)6-11/h4-6,10,13,18H,7-9H2,1-3H3. The largest absolute Gasteiger partial charge is 0.506 e. The summed E-state index contributed by atoms with van der Waals surface area (Å²) in [6.45, 7) is 5.40. The number of phenols is 1. The van der Waals surface area contributed by atoms with Gasteiger partial charge in [-0.1, -0.05) is 24.6 Å². The molecule has 3 nitrogen and oxygen atoms in total. The van der Waals surface area contributed by atoms with Crippen molar-refractivity contribution in [1.82, 2.24) is 9.80 Å². The van der Waals surface area contributed by atoms with Crippen LogP contribution in [-0.2, 0) is 6.54 Å². The van der Waals surface area contributed by atoms with Crippen molar-refractivity contribution >= 4 is 11.6 Å². The average molecular weight is 269 g/mol. The quantitative estimate of drug-likeness (QED) is 0.912. The van der Waals surface area contributed by atoms with E-state index in [4.69, 9.17) is 11.6 Å². The van der Waals surface area contributed by atoms with E-state index < -0.39 is 0 Å². The summed E-state index contributed by atoms with van der Waals surface area (Å²) in [5.74, 6) is 0.842. The van der Waals surface area contributed by atoms with Crippen LogP contribution in [0.5, 0.6) is 5.75 Å². The first-order valence-electron chi connectivity index (χ1n) is 6.33. The number of aromatic hydroxyl groups is 1. The average Bonchev–Trinajstić information content (AvgIpc) is 2.65. The Balaban J connectivity index is 2.00. The van der Waals surface area contributed by atoms with E-state index in [-0.39, 0.29) is 5.75 Å². The highest BCUT2D eigenvalue weighted by Gasteiger charge is 2.30. The van der Waals surface area contributed by atoms with Crippen molar-refractivity contribution in [2.24, 2.45) is 5.92 Å². The Morgan fingerprint density at radius 2 is 2.11 bits per heavy atom. The molecular weight excluding hydrogens is 248 g/mol. The third kappa shape index (κ3) is 2.97. The maximum Gasteiger partial charge on any atom is 0.134 e. The number of hydrogen-bond donors (Lipinski definition) is 1. The summed E-state index contributed by atoms with van der Waals surface area (Å²) in [5, 5.41) is 9.84. The zero-order valence-electron chi connectivity index (χ0n) is 11.2. The van der Waals surface area contributed by atoms with E-state index in [0.29, 0.717) is 17.0 Å². The van der Waals surface area contributed by atoms with Crippen LogP contribution in [0.3, 0.4) is 0 Å². The third-order valence-electron chi connectivity index (χ3n) is 3.73. The first-order chi connectivity index (χ1) is 8.47. The van der Waals surface area contributed by atoms with Crippen LogP contribution in [0.15, 0.2) is 18.2 Å². The summed E-state index contributed by atoms with van der Waals surface area (Å²) in [7, 11) is 4.28. The van der Waals surface area contributed by atoms with Gasteiger partial charge in [-0.3, -0.25) is 4.90 Å². The molecule has 1 N–H and O–H groups in total. The number of benzene rings is 1. The van der Waals surface area contributed by atoms with Gasteiger partial charge in [0.15, 0.2) is 0 Å². The monoisotopic (exact) mass is 268 g/mol. The molecule has 0 aromatic heterocycles. The molecule has 0 aliphatic carbocycles. The van der Waals surface area contributed by atoms with Gasteiger partial charge in [-0.05, 0) is 37.7 Å². The summed E-state index contributed by atoms with van der Waals surface area (Å²) in [5.41, 5.74) is 1.16. The van der Waals surface area contributed by atoms with Crippen molar-refractivity contribution in [2.75, 3.05) is 27.2 Å². The molecule has 1 aromatic rings. The number of hydrogen-bond acceptors (Lipinski definition) is 3. The van der Waals surface area contributed by atoms with Crippen LogP contribution in [0, 0.1) is 5.92 Å². The number of likely N-dealkylation sites (tertiary alicyclic amines) is 1. The fraction of sp³-hybridized carbons (Fsp3) is 0.571. The van der Waals surface area contributed by atoms with E-state index in [1.54, 1.807) is 6.07 Å². The van der Waals surface area contributed by atoms with E-state index in [2.05, 4.69) is 30.8 Å². The highest BCUT2D eigenvalue weighted by atomic mass is 35.5. The number of halogens is 1. The van der Waals surface area contributed by atoms with Crippen molar-refractivity contribution in [3.8, 4) is 5.75 Å². The predicted octanol–water partition coefficient (Wildman–Crippen LogP) is 2.43. The van der Waals surface area contributed by atoms with E-state index in [1.807, 2.05) is 12.1 Å². The maximum atomic E-state index is 9.41. The predicted molar refractivity (Wildman–Crippen MR) is 75.0 cm³/mol. The molecule has 2 atom stereocenters. The summed E-state index contributed by atoms with van der Waals surface area (Å²) in [6.07, 6.45) is 0. The van der Waals surface area contributed by atoms with Gasteiger partial charge >= 0.3 is 0 Å². The van der Waals surface area contributed by atoms with Gasteiger partial charge < -0.3 is 10.0 Å². The lowest BCUT2D eigenvalue weighted by molar-refractivity contribution is 0.250. The number of nitrogens with zero attached hydrogens (tertiary/aromatic N) is 2. The second-order valence-electron chi connectivity index (χ2n) is 5.49. The zero-order valence-corrected chi connectivity index (χ0v) is 12.0. The van der Waals surface area contributed by atoms with Gasteiger partial charge in [0, 0.05) is 25.7 Å². The fourth-order valence-electron chi connectivity index (χ4n) is 2.76. The summed E-state index contributed by atoms with van der Waals surface area (Å²) >= 11 is 5.93. The highest BCUT2D eigenvalue weighted by Crippen LogP contribution is 2.26. The van der Waals surface area contributed by atoms with Crippen molar-refractivity contribution in [2.45, 2.75) is 19.5 Å². The molecule has 1 aliphatic rings. The molecule has 1 fully saturated rings. The highest BCUT2D eigenvalue weighted by molar-refractivity contribution is 6.32. The molecule has 100 valence electrons. The summed E-state index contributed by atoms with van der Waals surface area (Å²) in [6, 6.07) is 6.08. The van der Waals surface area contributed by atoms with Gasteiger partial charge in [-0.2, -0.15) is 0 Å². The van der Waals surface area contributed by atoms with Crippen LogP contribution >= 0.6 is 11.6 Å². The van der Waals surface area contributed by atoms with Crippen LogP contribution in [-0.4, -0.2) is 48.1 Å². The Morgan fingerprint density at radius 1 is 1.39 bits per heavy atom. The molecule has 1 aliphatic heterocycles. The molecule has 1 aromatic carbocycles. The van der Waals surface area contributed by atoms with E-state index >= 15 is 0 Å². The van der Waals surface area contributed by atoms with E-state index in [0.717, 1.165) is 25.2 Å². The van der Waals surface area contributed by atoms with Gasteiger partial charge in [-0.25, -0.2) is 0 Å². The van der Waals surface area contributed by atoms with Crippen molar-refractivity contribution in [3.63, 3.8) is 0 Å². The lowest BCUT2D eigenvalue weighted by Crippen LogP contribution is -2.34. The number of likely N-dealkylation sites (N-methyl/N-ethyl adjacent to an activating group) is 1. The van der Waals surface area contributed by atoms with Crippen molar-refractivity contribution < 1.29 is 5.11 Å². The van der Waals surface area contributed by atoms with Gasteiger partial charge in [0.1, 0.15) is 5.75 Å². The zero-order chi connectivity index (χ0) is 13.3. The minimum absolute atomic E-state index is 0.154. The smallest absolute Gasteiger partial charge is 0.134 e. The topological polar surface area (TPSA) is 26.7 Å². The van der Waals surface area contributed by atoms with Crippen molar-refractivity contribution in [3.05, 3.63) is 28.8 Å². The molecule has 4 heteroatoms. The molecule has 1 heterocycles. The maximum absolute atomic E-state index is 9.41. The van der Waals surface area contributed by atoms with Gasteiger partial charge in [0.25, 0.3) is 0 Å². The van der Waals surface area contributed by atoms with Crippen LogP contribution in [0.1, 0.15) is 12.5 Å². The molecule has 2 rings (SSSR count). The minimum atomic E-state index is 0.154. The lowest BCUT2D eigenvalue weighted by Gasteiger charge is -2.22. The lowest BCUT2D eigenvalue weighted by atomic mass is 10.1. The van der Waals surface area contributed by atoms with Crippen molar-refractivity contribution in [1.29, 1.82) is 0 Å². The Bertz CT molecular complexity index is 422. The number of rotatable bonds is 3. The van der Waals surface area contributed by atoms with Crippen LogP contribution < -0.4 is 0 Å². The Labute approximate surface area is 114 Å². The Hall–Kier alpha value is -0.770. The molecular formula is C14H21ClN2O. The molecule has 0 bridgehead atoms. The van der Waals surface area contributed by atoms with Gasteiger partial charge in [-0.15, -0.1) is 0 Å². The van der Waals surface area contributed by atoms with Crippen LogP contribution in [0.4, 0.5) is 0 Å². The SMILES string of the molecule is CC1CN(Cc2ccc(O)c(Cl)c2)CC1N(C)C. The van der Waals surface area contributed by atoms with Gasteiger partial charge in [0.2, 0.25) is 0 Å². The molecule has 0 amide bonds. The molecule has 1 saturated heterocycles. The first kappa shape index (κ1) is 13.7. The second kappa shape index (κ2) is 5.47. The van der Waals surface area contributed by atoms with E-state index in [1.165, 1.54) is 0 Å². The van der Waals surface area contributed by atoms with Crippen LogP contribution in [0.25, 0.3) is 0 Å². The second-order valence-corrected chi connectivity index (χ2v) is 5.90. The van der Waals surface area contributed by atoms with Crippen LogP contribution in [0.2, 0.25) is 5.02 Å². The normalized spacial score (nSPS) is 24.9. The molecule has 18 heavy (non-hydrogen) atoms. The molecule has 0 radical (unpaired) electrons. The summed E-state index contributed by atoms with van der Waals surface area (Å²) in [4.78, 5) is 4.74. The minimum Gasteiger partial charge on any atom is -0.506 e. The molecule has 0 saturated carbocycles. The first-order valence-corrected chi connectivity index (χ1v) is 6.71. The molecule has 0 spiro atoms. The number of phenolic OH excluding ortho intramolecular Hbond substituents is 1. The third-order valence-corrected chi connectivity index (χ3v) is 4.03. The summed E-state index contributed by atoms with van der Waals surface area (Å²) < 4.78 is 0. The fourth-order valence-corrected chi connectivity index (χ4v) is 2.96. The Morgan fingerprint density at radius 3 is 2.67 bits per heavy atom. The van der Waals surface area contributed by atoms with E-state index in [9.17, 15) is 5.11 Å². The van der Waals surface area contributed by atoms with Gasteiger partial charge in [0.05, 0.1) is 5.02 Å². The Kier molecular flexibility index (Phi) is 4.15.